The number of H-pyrrole nitrogens is 4. The van der Waals surface area contributed by atoms with Crippen LogP contribution < -0.4 is 5.32 Å². The van der Waals surface area contributed by atoms with Crippen LogP contribution in [0.15, 0.2) is 134 Å². The summed E-state index contributed by atoms with van der Waals surface area (Å²) in [5.41, 5.74) is 14.6. The number of nitrogens with one attached hydrogen (secondary N) is 5. The van der Waals surface area contributed by atoms with Crippen LogP contribution in [0.5, 0.6) is 0 Å². The van der Waals surface area contributed by atoms with Crippen molar-refractivity contribution in [2.45, 2.75) is 34.1 Å². The number of rotatable bonds is 7. The maximum absolute atomic E-state index is 4.54. The summed E-state index contributed by atoms with van der Waals surface area (Å²) in [5.74, 6) is 0. The van der Waals surface area contributed by atoms with Gasteiger partial charge in [0.15, 0.2) is 11.3 Å². The minimum absolute atomic E-state index is 0.684. The van der Waals surface area contributed by atoms with E-state index >= 15 is 0 Å². The van der Waals surface area contributed by atoms with Gasteiger partial charge in [-0.2, -0.15) is 10.2 Å². The van der Waals surface area contributed by atoms with E-state index in [0.717, 1.165) is 90.0 Å². The summed E-state index contributed by atoms with van der Waals surface area (Å²) < 4.78 is 0. The fraction of sp³-hybridized carbons (Fsp3) is 0.111. The monoisotopic (exact) mass is 735 g/mol. The second kappa shape index (κ2) is 15.5. The number of nitrogens with zero attached hydrogens (tertiary/aromatic N) is 6. The molecule has 11 nitrogen and oxygen atoms in total. The Morgan fingerprint density at radius 2 is 1.21 bits per heavy atom. The molecule has 0 saturated carbocycles. The predicted octanol–water partition coefficient (Wildman–Crippen LogP) is 11.0. The molecular weight excluding hydrogens is 695 g/mol. The number of benzene rings is 2. The Balaban J connectivity index is 0.000000152. The molecule has 0 aliphatic carbocycles. The highest BCUT2D eigenvalue weighted by molar-refractivity contribution is 5.97. The van der Waals surface area contributed by atoms with Crippen molar-refractivity contribution in [2.75, 3.05) is 5.32 Å². The number of hydrogen-bond donors (Lipinski definition) is 5. The predicted molar refractivity (Wildman–Crippen MR) is 228 cm³/mol. The quantitative estimate of drug-likeness (QED) is 0.109. The molecule has 0 fully saturated rings. The molecule has 5 N–H and O–H groups in total. The number of pyridine rings is 4. The Morgan fingerprint density at radius 1 is 0.643 bits per heavy atom. The lowest BCUT2D eigenvalue weighted by molar-refractivity contribution is 1.10. The van der Waals surface area contributed by atoms with Crippen LogP contribution >= 0.6 is 0 Å². The van der Waals surface area contributed by atoms with Crippen molar-refractivity contribution in [3.05, 3.63) is 140 Å². The van der Waals surface area contributed by atoms with E-state index in [1.54, 1.807) is 12.4 Å². The summed E-state index contributed by atoms with van der Waals surface area (Å²) in [6.45, 7) is 12.1. The largest absolute Gasteiger partial charge is 0.358 e. The van der Waals surface area contributed by atoms with Crippen LogP contribution in [0, 0.1) is 6.92 Å². The van der Waals surface area contributed by atoms with Gasteiger partial charge in [0.25, 0.3) is 0 Å². The van der Waals surface area contributed by atoms with Gasteiger partial charge in [0.1, 0.15) is 0 Å². The van der Waals surface area contributed by atoms with Crippen molar-refractivity contribution < 1.29 is 0 Å². The van der Waals surface area contributed by atoms with Gasteiger partial charge in [0.05, 0.1) is 34.7 Å². The Kier molecular flexibility index (Phi) is 9.87. The molecule has 0 unspecified atom stereocenters. The van der Waals surface area contributed by atoms with Crippen molar-refractivity contribution in [3.8, 4) is 45.0 Å². The summed E-state index contributed by atoms with van der Waals surface area (Å²) in [7, 11) is 0. The average molecular weight is 736 g/mol. The molecule has 0 atom stereocenters. The van der Waals surface area contributed by atoms with Crippen molar-refractivity contribution in [3.63, 3.8) is 0 Å². The second-order valence-corrected chi connectivity index (χ2v) is 13.2. The van der Waals surface area contributed by atoms with Gasteiger partial charge < -0.3 is 15.3 Å². The first-order valence-corrected chi connectivity index (χ1v) is 18.7. The van der Waals surface area contributed by atoms with Crippen LogP contribution in [0.1, 0.15) is 32.8 Å². The number of anilines is 1. The minimum Gasteiger partial charge on any atom is -0.358 e. The van der Waals surface area contributed by atoms with Gasteiger partial charge in [-0.15, -0.1) is 0 Å². The molecular formula is C45H41N11. The zero-order valence-electron chi connectivity index (χ0n) is 31.6. The molecule has 10 aromatic rings. The van der Waals surface area contributed by atoms with Crippen molar-refractivity contribution in [1.29, 1.82) is 0 Å². The third kappa shape index (κ3) is 7.01. The molecule has 0 amide bonds. The highest BCUT2D eigenvalue weighted by Crippen LogP contribution is 2.33. The third-order valence-corrected chi connectivity index (χ3v) is 9.59. The Bertz CT molecular complexity index is 2900. The maximum atomic E-state index is 4.54. The molecule has 0 spiro atoms. The lowest BCUT2D eigenvalue weighted by atomic mass is 10.0. The molecule has 10 rings (SSSR count). The lowest BCUT2D eigenvalue weighted by Gasteiger charge is -2.09. The smallest absolute Gasteiger partial charge is 0.181 e. The van der Waals surface area contributed by atoms with E-state index in [4.69, 9.17) is 0 Å². The fourth-order valence-electron chi connectivity index (χ4n) is 6.66. The second-order valence-electron chi connectivity index (χ2n) is 13.2. The summed E-state index contributed by atoms with van der Waals surface area (Å²) in [6, 6.07) is 29.0. The van der Waals surface area contributed by atoms with E-state index in [9.17, 15) is 0 Å². The number of fused-ring (bicyclic) bond motifs is 4. The van der Waals surface area contributed by atoms with Crippen LogP contribution in [0.4, 0.5) is 5.69 Å². The van der Waals surface area contributed by atoms with Crippen LogP contribution in [-0.4, -0.2) is 50.3 Å². The maximum Gasteiger partial charge on any atom is 0.181 e. The lowest BCUT2D eigenvalue weighted by Crippen LogP contribution is -1.97. The molecule has 0 radical (unpaired) electrons. The molecule has 276 valence electrons. The zero-order chi connectivity index (χ0) is 38.6. The van der Waals surface area contributed by atoms with Gasteiger partial charge in [-0.3, -0.25) is 20.2 Å². The van der Waals surface area contributed by atoms with E-state index < -0.39 is 0 Å². The van der Waals surface area contributed by atoms with Crippen LogP contribution in [0.25, 0.3) is 88.9 Å². The highest BCUT2D eigenvalue weighted by Gasteiger charge is 2.15. The molecule has 11 heteroatoms. The first-order valence-electron chi connectivity index (χ1n) is 18.7. The van der Waals surface area contributed by atoms with Crippen LogP contribution in [0.3, 0.4) is 0 Å². The Morgan fingerprint density at radius 3 is 1.80 bits per heavy atom. The Labute approximate surface area is 323 Å². The number of aryl methyl sites for hydroxylation is 1. The molecule has 2 aromatic carbocycles. The number of para-hydroxylation sites is 2. The molecule has 56 heavy (non-hydrogen) atoms. The molecule has 0 bridgehead atoms. The summed E-state index contributed by atoms with van der Waals surface area (Å²) in [6.07, 6.45) is 11.9. The van der Waals surface area contributed by atoms with Crippen molar-refractivity contribution >= 4 is 49.6 Å². The summed E-state index contributed by atoms with van der Waals surface area (Å²) in [5, 5.41) is 22.6. The van der Waals surface area contributed by atoms with Gasteiger partial charge in [-0.1, -0.05) is 63.7 Å². The molecule has 8 aromatic heterocycles. The highest BCUT2D eigenvalue weighted by atomic mass is 15.2. The van der Waals surface area contributed by atoms with E-state index in [0.29, 0.717) is 11.3 Å². The summed E-state index contributed by atoms with van der Waals surface area (Å²) in [4.78, 5) is 24.6. The van der Waals surface area contributed by atoms with E-state index in [1.165, 1.54) is 10.9 Å². The first kappa shape index (κ1) is 35.6. The number of allylic oxidation sites excluding steroid dienone is 1. The average Bonchev–Trinajstić information content (AvgIpc) is 4.06. The molecule has 0 aliphatic rings. The van der Waals surface area contributed by atoms with E-state index in [1.807, 2.05) is 69.0 Å². The normalized spacial score (nSPS) is 11.0. The van der Waals surface area contributed by atoms with Crippen molar-refractivity contribution in [1.82, 2.24) is 50.3 Å². The third-order valence-electron chi connectivity index (χ3n) is 9.59. The zero-order valence-corrected chi connectivity index (χ0v) is 31.6. The first-order chi connectivity index (χ1) is 27.5. The van der Waals surface area contributed by atoms with Gasteiger partial charge in [-0.25, -0.2) is 9.97 Å². The standard InChI is InChI=1S/C23H20N6.C20H15N5.C2H6/c1-3-14(2)26-18-8-16(11-24-13-18)17-9-19-22(28-29-23(19)25-12-17)21-10-15-6-4-5-7-20(15)27-21;1-12-6-7-21-11-16(12)14-8-15-19(24-25-20(15)22-10-14)18-9-13-4-2-3-5-17(13)23-18;1-2/h4-13,26-27H,2-3H2,1H3,(H,25,28,29);2-11,23H,1H3,(H,22,24,25);1-2H3. The van der Waals surface area contributed by atoms with E-state index in [2.05, 4.69) is 131 Å². The van der Waals surface area contributed by atoms with Gasteiger partial charge in [-0.05, 0) is 67.4 Å². The molecule has 8 heterocycles. The number of aromatic nitrogens is 10. The van der Waals surface area contributed by atoms with Gasteiger partial charge in [0.2, 0.25) is 0 Å². The van der Waals surface area contributed by atoms with Gasteiger partial charge >= 0.3 is 0 Å². The van der Waals surface area contributed by atoms with Gasteiger partial charge in [0, 0.05) is 91.5 Å². The Hall–Kier alpha value is -7.40. The van der Waals surface area contributed by atoms with Crippen LogP contribution in [0.2, 0.25) is 0 Å². The number of aromatic amines is 4. The molecule has 0 saturated heterocycles. The summed E-state index contributed by atoms with van der Waals surface area (Å²) >= 11 is 0. The number of hydrogen-bond acceptors (Lipinski definition) is 7. The van der Waals surface area contributed by atoms with E-state index in [-0.39, 0.29) is 0 Å². The fourth-order valence-corrected chi connectivity index (χ4v) is 6.66. The van der Waals surface area contributed by atoms with Crippen molar-refractivity contribution in [2.24, 2.45) is 0 Å². The topological polar surface area (TPSA) is 153 Å². The molecule has 0 aliphatic heterocycles. The SMILES string of the molecule is C=C(CC)Nc1cncc(-c2cnc3n[nH]c(-c4cc5ccccc5[nH]4)c3c2)c1.CC.Cc1ccncc1-c1cnc2n[nH]c(-c3cc4ccccc4[nH]3)c2c1. The van der Waals surface area contributed by atoms with Crippen LogP contribution in [-0.2, 0) is 0 Å². The minimum atomic E-state index is 0.684.